The van der Waals surface area contributed by atoms with Gasteiger partial charge < -0.3 is 28.8 Å². The van der Waals surface area contributed by atoms with Crippen molar-refractivity contribution in [2.45, 2.75) is 37.8 Å². The summed E-state index contributed by atoms with van der Waals surface area (Å²) in [5, 5.41) is 11.1. The van der Waals surface area contributed by atoms with Crippen molar-refractivity contribution in [3.8, 4) is 46.0 Å². The third kappa shape index (κ3) is 6.40. The van der Waals surface area contributed by atoms with Crippen molar-refractivity contribution < 1.29 is 28.8 Å². The Hall–Kier alpha value is -3.82. The van der Waals surface area contributed by atoms with Crippen LogP contribution in [0.1, 0.15) is 45.5 Å². The van der Waals surface area contributed by atoms with Gasteiger partial charge in [-0.25, -0.2) is 0 Å². The molecule has 0 spiro atoms. The number of hydrogen-bond acceptors (Lipinski definition) is 8. The predicted molar refractivity (Wildman–Crippen MR) is 187 cm³/mol. The van der Waals surface area contributed by atoms with E-state index in [0.717, 1.165) is 60.4 Å². The molecule has 0 amide bonds. The quantitative estimate of drug-likeness (QED) is 0.236. The van der Waals surface area contributed by atoms with Crippen LogP contribution in [0.25, 0.3) is 0 Å². The Labute approximate surface area is 289 Å². The highest BCUT2D eigenvalue weighted by atomic mass is 35.5. The Kier molecular flexibility index (Phi) is 10.4. The maximum atomic E-state index is 11.1. The van der Waals surface area contributed by atoms with E-state index in [2.05, 4.69) is 54.2 Å². The molecule has 1 N–H and O–H groups in total. The number of ether oxygens (including phenoxy) is 5. The number of likely N-dealkylation sites (N-methyl/N-ethyl adjacent to an activating group) is 2. The molecule has 47 heavy (non-hydrogen) atoms. The first kappa shape index (κ1) is 34.5. The fraction of sp³-hybridized carbons (Fsp3) is 0.351. The number of methoxy groups -OCH3 is 3. The fourth-order valence-electron chi connectivity index (χ4n) is 7.16. The molecule has 0 aliphatic carbocycles. The van der Waals surface area contributed by atoms with Crippen LogP contribution < -0.4 is 23.7 Å². The zero-order chi connectivity index (χ0) is 31.2. The van der Waals surface area contributed by atoms with E-state index in [0.29, 0.717) is 40.9 Å². The Morgan fingerprint density at radius 3 is 2.13 bits per heavy atom. The molecule has 0 saturated carbocycles. The van der Waals surface area contributed by atoms with Crippen molar-refractivity contribution in [2.75, 3.05) is 48.5 Å². The largest absolute Gasteiger partial charge is 0.508 e. The highest BCUT2D eigenvalue weighted by molar-refractivity contribution is 5.85. The van der Waals surface area contributed by atoms with Crippen LogP contribution in [0.5, 0.6) is 46.0 Å². The van der Waals surface area contributed by atoms with Crippen molar-refractivity contribution in [3.05, 3.63) is 94.0 Å². The Balaban J connectivity index is 0.00000217. The number of phenols is 1. The summed E-state index contributed by atoms with van der Waals surface area (Å²) in [6.07, 6.45) is 3.10. The summed E-state index contributed by atoms with van der Waals surface area (Å²) in [7, 11) is 9.30. The van der Waals surface area contributed by atoms with E-state index in [1.807, 2.05) is 24.3 Å². The number of rotatable bonds is 3. The summed E-state index contributed by atoms with van der Waals surface area (Å²) >= 11 is 0. The molecule has 2 atom stereocenters. The summed E-state index contributed by atoms with van der Waals surface area (Å²) < 4.78 is 31.1. The molecule has 4 aliphatic rings. The van der Waals surface area contributed by atoms with E-state index < -0.39 is 0 Å². The number of phenolic OH excluding ortho intramolecular Hbond substituents is 1. The number of fused-ring (bicyclic) bond motifs is 2. The van der Waals surface area contributed by atoms with E-state index >= 15 is 0 Å². The second kappa shape index (κ2) is 14.1. The third-order valence-electron chi connectivity index (χ3n) is 9.64. The van der Waals surface area contributed by atoms with Gasteiger partial charge in [0.2, 0.25) is 5.75 Å². The van der Waals surface area contributed by atoms with E-state index in [-0.39, 0.29) is 42.6 Å². The van der Waals surface area contributed by atoms with Crippen LogP contribution >= 0.6 is 24.8 Å². The van der Waals surface area contributed by atoms with Gasteiger partial charge in [0.1, 0.15) is 17.2 Å². The minimum Gasteiger partial charge on any atom is -0.508 e. The predicted octanol–water partition coefficient (Wildman–Crippen LogP) is 7.70. The van der Waals surface area contributed by atoms with Crippen LogP contribution in [0.3, 0.4) is 0 Å². The molecule has 4 aromatic rings. The average Bonchev–Trinajstić information content (AvgIpc) is 3.04. The molecule has 4 aromatic carbocycles. The zero-order valence-corrected chi connectivity index (χ0v) is 29.0. The first-order valence-electron chi connectivity index (χ1n) is 15.5. The van der Waals surface area contributed by atoms with Crippen LogP contribution in [0.4, 0.5) is 0 Å². The van der Waals surface area contributed by atoms with Gasteiger partial charge in [-0.3, -0.25) is 9.80 Å². The Morgan fingerprint density at radius 2 is 1.40 bits per heavy atom. The molecule has 10 heteroatoms. The van der Waals surface area contributed by atoms with Gasteiger partial charge in [-0.05, 0) is 104 Å². The minimum atomic E-state index is 0. The number of benzene rings is 4. The van der Waals surface area contributed by atoms with E-state index in [9.17, 15) is 5.11 Å². The molecule has 0 fully saturated rings. The number of nitrogens with zero attached hydrogens (tertiary/aromatic N) is 2. The second-order valence-electron chi connectivity index (χ2n) is 12.3. The minimum absolute atomic E-state index is 0. The molecular weight excluding hydrogens is 639 g/mol. The van der Waals surface area contributed by atoms with Gasteiger partial charge in [0, 0.05) is 36.8 Å². The maximum absolute atomic E-state index is 11.1. The lowest BCUT2D eigenvalue weighted by atomic mass is 9.87. The molecule has 0 aromatic heterocycles. The highest BCUT2D eigenvalue weighted by Gasteiger charge is 2.34. The Bertz CT molecular complexity index is 1770. The van der Waals surface area contributed by atoms with Crippen LogP contribution in [0, 0.1) is 0 Å². The van der Waals surface area contributed by atoms with Crippen LogP contribution in [0.15, 0.2) is 60.7 Å². The van der Waals surface area contributed by atoms with Crippen LogP contribution in [-0.4, -0.2) is 63.4 Å². The zero-order valence-electron chi connectivity index (χ0n) is 27.4. The summed E-state index contributed by atoms with van der Waals surface area (Å²) in [4.78, 5) is 4.71. The molecule has 250 valence electrons. The summed E-state index contributed by atoms with van der Waals surface area (Å²) in [5.74, 6) is 4.67. The smallest absolute Gasteiger partial charge is 0.204 e. The van der Waals surface area contributed by atoms with E-state index in [1.165, 1.54) is 11.1 Å². The van der Waals surface area contributed by atoms with Crippen molar-refractivity contribution in [1.82, 2.24) is 9.80 Å². The molecule has 6 bridgehead atoms. The average molecular weight is 682 g/mol. The topological polar surface area (TPSA) is 72.9 Å². The summed E-state index contributed by atoms with van der Waals surface area (Å²) in [6.45, 7) is 1.79. The molecule has 8 rings (SSSR count). The van der Waals surface area contributed by atoms with Gasteiger partial charge in [0.15, 0.2) is 23.0 Å². The van der Waals surface area contributed by atoms with Gasteiger partial charge in [-0.15, -0.1) is 24.8 Å². The molecule has 0 unspecified atom stereocenters. The number of halogens is 2. The molecule has 4 heterocycles. The van der Waals surface area contributed by atoms with Crippen LogP contribution in [0.2, 0.25) is 0 Å². The first-order chi connectivity index (χ1) is 21.9. The van der Waals surface area contributed by atoms with Crippen molar-refractivity contribution >= 4 is 24.8 Å². The molecular formula is C37H42Cl2N2O6. The standard InChI is InChI=1S/C37H40N2O6.2ClH/c1-38-13-11-23-18-32(41-3)33-21-28(23)29(38)17-24-9-10-27(20-31(24)40)44-26-8-6-7-22(15-26)16-30-35-25(12-14-39(30)2)19-34(42-4)36(43-5)37(35)45-33;;/h6-10,15,18-21,29-30,40H,11-14,16-17H2,1-5H3;2*1H/t29-,30+;;/m0../s1. The van der Waals surface area contributed by atoms with E-state index in [1.54, 1.807) is 27.4 Å². The van der Waals surface area contributed by atoms with Gasteiger partial charge >= 0.3 is 0 Å². The van der Waals surface area contributed by atoms with Crippen molar-refractivity contribution in [1.29, 1.82) is 0 Å². The highest BCUT2D eigenvalue weighted by Crippen LogP contribution is 2.52. The molecule has 0 saturated heterocycles. The maximum Gasteiger partial charge on any atom is 0.204 e. The van der Waals surface area contributed by atoms with Gasteiger partial charge in [-0.2, -0.15) is 0 Å². The first-order valence-corrected chi connectivity index (χ1v) is 15.5. The Morgan fingerprint density at radius 1 is 0.702 bits per heavy atom. The summed E-state index contributed by atoms with van der Waals surface area (Å²) in [5.41, 5.74) is 6.61. The monoisotopic (exact) mass is 680 g/mol. The van der Waals surface area contributed by atoms with Crippen molar-refractivity contribution in [2.24, 2.45) is 0 Å². The normalized spacial score (nSPS) is 18.6. The van der Waals surface area contributed by atoms with E-state index in [4.69, 9.17) is 23.7 Å². The van der Waals surface area contributed by atoms with Gasteiger partial charge in [0.25, 0.3) is 0 Å². The molecule has 4 aliphatic heterocycles. The lowest BCUT2D eigenvalue weighted by Crippen LogP contribution is -2.34. The van der Waals surface area contributed by atoms with Gasteiger partial charge in [-0.1, -0.05) is 18.2 Å². The van der Waals surface area contributed by atoms with Gasteiger partial charge in [0.05, 0.1) is 21.3 Å². The number of aromatic hydroxyl groups is 1. The summed E-state index contributed by atoms with van der Waals surface area (Å²) in [6, 6.07) is 20.1. The lowest BCUT2D eigenvalue weighted by Gasteiger charge is -2.37. The second-order valence-corrected chi connectivity index (χ2v) is 12.3. The third-order valence-corrected chi connectivity index (χ3v) is 9.64. The number of hydrogen-bond donors (Lipinski definition) is 1. The van der Waals surface area contributed by atoms with Crippen molar-refractivity contribution in [3.63, 3.8) is 0 Å². The fourth-order valence-corrected chi connectivity index (χ4v) is 7.16. The lowest BCUT2D eigenvalue weighted by molar-refractivity contribution is 0.220. The molecule has 8 nitrogen and oxygen atoms in total. The van der Waals surface area contributed by atoms with Crippen LogP contribution in [-0.2, 0) is 25.7 Å². The SMILES string of the molecule is COc1cc2c3cc1Oc1c(OC)c(OC)cc4c1[C@@H](Cc1cccc(c1)Oc1ccc(c(O)c1)C[C@@H]3N(C)CC2)N(C)CC4.Cl.Cl. The molecule has 0 radical (unpaired) electrons.